The average molecular weight is 1470 g/mol. The predicted octanol–water partition coefficient (Wildman–Crippen LogP) is 2.95. The van der Waals surface area contributed by atoms with Gasteiger partial charge < -0.3 is 75.8 Å². The van der Waals surface area contributed by atoms with E-state index in [-0.39, 0.29) is 62.9 Å². The van der Waals surface area contributed by atoms with Gasteiger partial charge in [0, 0.05) is 74.3 Å². The first kappa shape index (κ1) is 89.3. The number of piperidine rings is 1. The molecule has 0 aromatic heterocycles. The highest BCUT2D eigenvalue weighted by Crippen LogP contribution is 2.24. The Balaban J connectivity index is 2.03. The third-order valence-electron chi connectivity index (χ3n) is 20.0. The molecule has 2 aromatic carbocycles. The second-order valence-corrected chi connectivity index (χ2v) is 29.8. The minimum atomic E-state index is -1.79. The monoisotopic (exact) mass is 1470 g/mol. The van der Waals surface area contributed by atoms with Gasteiger partial charge in [-0.1, -0.05) is 143 Å². The molecule has 0 saturated carbocycles. The summed E-state index contributed by atoms with van der Waals surface area (Å²) in [5, 5.41) is 38.1. The lowest BCUT2D eigenvalue weighted by Crippen LogP contribution is -2.63. The molecule has 12 atom stereocenters. The van der Waals surface area contributed by atoms with Crippen LogP contribution < -0.4 is 26.6 Å². The Morgan fingerprint density at radius 2 is 1.02 bits per heavy atom. The van der Waals surface area contributed by atoms with E-state index >= 15 is 38.4 Å². The van der Waals surface area contributed by atoms with E-state index in [4.69, 9.17) is 4.74 Å². The molecular weight excluding hydrogens is 1350 g/mol. The second-order valence-electron chi connectivity index (χ2n) is 29.8. The van der Waals surface area contributed by atoms with Gasteiger partial charge in [-0.05, 0) is 100 Å². The molecule has 2 fully saturated rings. The SMILES string of the molecule is CCCCN1CC(=O)N(C)[C@@H](Cc2ccccc2)C(=O)N[C@@H]([C@@H](C)CC)C(=O)N(C)[C@@H](CC(C)C)C(=O)N[C@@H]([C@@H](C)O)C(=O)N(CCC)CC(=O)N(C)[C@@H](Cc2ccccc2)C(=O)N(C)[C@@H](CC(C)C)C(=O)N[C@@H](COCC(=O)NC)C(O)N(C)[C@@H](CC(C)C)C(=O)N[C@H](C(=O)N2CCCCC2)CC1=O. The Morgan fingerprint density at radius 1 is 0.543 bits per heavy atom. The zero-order valence-corrected chi connectivity index (χ0v) is 65.6. The topological polar surface area (TPSA) is 341 Å². The van der Waals surface area contributed by atoms with Gasteiger partial charge in [0.15, 0.2) is 0 Å². The van der Waals surface area contributed by atoms with Crippen LogP contribution in [0.3, 0.4) is 0 Å². The van der Waals surface area contributed by atoms with Crippen molar-refractivity contribution >= 4 is 70.9 Å². The van der Waals surface area contributed by atoms with Crippen LogP contribution in [0.4, 0.5) is 0 Å². The van der Waals surface area contributed by atoms with E-state index in [9.17, 15) is 29.4 Å². The molecule has 4 rings (SSSR count). The van der Waals surface area contributed by atoms with E-state index in [1.807, 2.05) is 55.4 Å². The number of amides is 12. The Kier molecular flexibility index (Phi) is 37.5. The minimum absolute atomic E-state index is 0.0428. The van der Waals surface area contributed by atoms with E-state index in [2.05, 4.69) is 26.6 Å². The number of nitrogens with one attached hydrogen (secondary N) is 5. The highest BCUT2D eigenvalue weighted by Gasteiger charge is 2.44. The molecule has 2 aliphatic heterocycles. The molecule has 2 aliphatic rings. The van der Waals surface area contributed by atoms with Gasteiger partial charge in [0.05, 0.1) is 44.3 Å². The lowest BCUT2D eigenvalue weighted by Gasteiger charge is -2.39. The van der Waals surface area contributed by atoms with Gasteiger partial charge in [0.1, 0.15) is 55.1 Å². The van der Waals surface area contributed by atoms with Crippen molar-refractivity contribution in [1.29, 1.82) is 0 Å². The number of benzene rings is 2. The Labute approximate surface area is 623 Å². The number of hydrogen-bond donors (Lipinski definition) is 7. The summed E-state index contributed by atoms with van der Waals surface area (Å²) in [5.74, 6) is -9.72. The van der Waals surface area contributed by atoms with Crippen LogP contribution in [0, 0.1) is 23.7 Å². The first-order chi connectivity index (χ1) is 49.6. The lowest BCUT2D eigenvalue weighted by molar-refractivity contribution is -0.151. The van der Waals surface area contributed by atoms with Crippen molar-refractivity contribution in [3.63, 3.8) is 0 Å². The first-order valence-electron chi connectivity index (χ1n) is 37.7. The van der Waals surface area contributed by atoms with E-state index in [0.29, 0.717) is 62.7 Å². The van der Waals surface area contributed by atoms with Gasteiger partial charge in [0.2, 0.25) is 70.9 Å². The van der Waals surface area contributed by atoms with Gasteiger partial charge in [0.25, 0.3) is 0 Å². The van der Waals surface area contributed by atoms with Crippen LogP contribution in [0.2, 0.25) is 0 Å². The van der Waals surface area contributed by atoms with E-state index in [1.54, 1.807) is 79.4 Å². The van der Waals surface area contributed by atoms with E-state index in [0.717, 1.165) is 6.42 Å². The number of aliphatic hydroxyl groups is 2. The fourth-order valence-corrected chi connectivity index (χ4v) is 13.2. The highest BCUT2D eigenvalue weighted by molar-refractivity contribution is 5.99. The Bertz CT molecular complexity index is 3150. The number of likely N-dealkylation sites (tertiary alicyclic amines) is 1. The summed E-state index contributed by atoms with van der Waals surface area (Å²) in [6, 6.07) is 5.36. The summed E-state index contributed by atoms with van der Waals surface area (Å²) >= 11 is 0. The van der Waals surface area contributed by atoms with Crippen LogP contribution in [0.1, 0.15) is 158 Å². The summed E-state index contributed by atoms with van der Waals surface area (Å²) < 4.78 is 5.84. The fraction of sp³-hybridized carbons (Fsp3) is 0.688. The van der Waals surface area contributed by atoms with Crippen LogP contribution in [-0.2, 0) is 75.1 Å². The molecule has 0 spiro atoms. The smallest absolute Gasteiger partial charge is 0.248 e. The van der Waals surface area contributed by atoms with Crippen LogP contribution >= 0.6 is 0 Å². The van der Waals surface area contributed by atoms with Gasteiger partial charge in [-0.3, -0.25) is 62.4 Å². The lowest BCUT2D eigenvalue weighted by atomic mass is 9.94. The number of aliphatic hydroxyl groups excluding tert-OH is 2. The van der Waals surface area contributed by atoms with Gasteiger partial charge in [-0.25, -0.2) is 0 Å². The zero-order valence-electron chi connectivity index (χ0n) is 65.6. The molecule has 105 heavy (non-hydrogen) atoms. The number of carbonyl (C=O) groups is 12. The van der Waals surface area contributed by atoms with Gasteiger partial charge >= 0.3 is 0 Å². The van der Waals surface area contributed by atoms with Gasteiger partial charge in [-0.15, -0.1) is 0 Å². The number of ether oxygens (including phenoxy) is 1. The number of carbonyl (C=O) groups excluding carboxylic acids is 12. The molecule has 1 unspecified atom stereocenters. The van der Waals surface area contributed by atoms with Crippen LogP contribution in [0.25, 0.3) is 0 Å². The standard InChI is InChI=1S/C77H125N13O15/c1-18-21-36-89-45-65(94)83(13)61(42-54-31-25-22-26-32-54)72(99)81-67(52(10)20-3)76(103)87(17)60(41-51(8)9)71(98)82-68(53(11)91)77(104)90(35-19-2)46-66(95)84(14)62(43-55-33-27-23-28-34-55)75(102)86(16)59(40-50(6)7)70(97)80-57(47-105-48-63(92)78-12)73(100)85(15)58(39-49(4)5)69(96)79-56(44-64(89)93)74(101)88-37-29-24-30-38-88/h22-23,25-28,31-34,49-53,56-62,67-68,73,91,100H,18-21,24,29-30,35-48H2,1-17H3,(H,78,92)(H,79,96)(H,80,97)(H,81,99)(H,82,98)/t52-,53+,56-,57-,58-,59-,60-,61-,62-,67-,68-,73?/m0/s1. The maximum absolute atomic E-state index is 15.5. The van der Waals surface area contributed by atoms with Crippen LogP contribution in [0.15, 0.2) is 60.7 Å². The molecule has 2 aromatic rings. The van der Waals surface area contributed by atoms with Crippen molar-refractivity contribution in [1.82, 2.24) is 65.8 Å². The number of likely N-dealkylation sites (N-methyl/N-ethyl adjacent to an activating group) is 6. The largest absolute Gasteiger partial charge is 0.391 e. The zero-order chi connectivity index (χ0) is 78.5. The van der Waals surface area contributed by atoms with Crippen molar-refractivity contribution in [2.75, 3.05) is 94.8 Å². The molecule has 12 amide bonds. The Hall–Kier alpha value is -8.08. The third-order valence-corrected chi connectivity index (χ3v) is 20.0. The third kappa shape index (κ3) is 27.0. The first-order valence-corrected chi connectivity index (χ1v) is 37.7. The predicted molar refractivity (Wildman–Crippen MR) is 400 cm³/mol. The van der Waals surface area contributed by atoms with E-state index < -0.39 is 176 Å². The molecule has 2 saturated heterocycles. The maximum Gasteiger partial charge on any atom is 0.248 e. The molecule has 588 valence electrons. The normalized spacial score (nSPS) is 24.8. The minimum Gasteiger partial charge on any atom is -0.391 e. The number of nitrogens with zero attached hydrogens (tertiary/aromatic N) is 8. The maximum atomic E-state index is 15.5. The summed E-state index contributed by atoms with van der Waals surface area (Å²) in [5.41, 5.74) is 1.29. The molecule has 28 heteroatoms. The summed E-state index contributed by atoms with van der Waals surface area (Å²) in [6.45, 7) is 18.1. The molecular formula is C77H125N13O15. The summed E-state index contributed by atoms with van der Waals surface area (Å²) in [7, 11) is 8.50. The number of hydrogen-bond acceptors (Lipinski definition) is 16. The molecule has 28 nitrogen and oxygen atoms in total. The van der Waals surface area contributed by atoms with Crippen LogP contribution in [-0.4, -0.2) is 282 Å². The number of unbranched alkanes of at least 4 members (excludes halogenated alkanes) is 1. The summed E-state index contributed by atoms with van der Waals surface area (Å²) in [4.78, 5) is 189. The molecule has 0 aliphatic carbocycles. The number of rotatable bonds is 23. The molecule has 7 N–H and O–H groups in total. The summed E-state index contributed by atoms with van der Waals surface area (Å²) in [6.07, 6.45) is -0.0450. The van der Waals surface area contributed by atoms with Crippen molar-refractivity contribution < 1.29 is 72.5 Å². The average Bonchev–Trinajstić information content (AvgIpc) is 0.819. The molecule has 0 bridgehead atoms. The van der Waals surface area contributed by atoms with Crippen molar-refractivity contribution in [2.24, 2.45) is 23.7 Å². The van der Waals surface area contributed by atoms with Crippen LogP contribution in [0.5, 0.6) is 0 Å². The quantitative estimate of drug-likeness (QED) is 0.0841. The molecule has 2 heterocycles. The van der Waals surface area contributed by atoms with Crippen molar-refractivity contribution in [2.45, 2.75) is 226 Å². The van der Waals surface area contributed by atoms with Crippen molar-refractivity contribution in [3.05, 3.63) is 71.8 Å². The molecule has 0 radical (unpaired) electrons. The second kappa shape index (κ2) is 44.1. The van der Waals surface area contributed by atoms with Crippen molar-refractivity contribution in [3.8, 4) is 0 Å². The van der Waals surface area contributed by atoms with Gasteiger partial charge in [-0.2, -0.15) is 0 Å². The Morgan fingerprint density at radius 3 is 1.52 bits per heavy atom. The highest BCUT2D eigenvalue weighted by atomic mass is 16.5. The van der Waals surface area contributed by atoms with E-state index in [1.165, 1.54) is 83.5 Å². The fourth-order valence-electron chi connectivity index (χ4n) is 13.2.